The van der Waals surface area contributed by atoms with Gasteiger partial charge in [0.15, 0.2) is 0 Å². The maximum absolute atomic E-state index is 12.3. The molecule has 1 atom stereocenters. The summed E-state index contributed by atoms with van der Waals surface area (Å²) in [5, 5.41) is 21.0. The van der Waals surface area contributed by atoms with Crippen molar-refractivity contribution in [1.82, 2.24) is 10.2 Å². The second kappa shape index (κ2) is 6.92. The third-order valence-corrected chi connectivity index (χ3v) is 3.75. The van der Waals surface area contributed by atoms with Crippen molar-refractivity contribution < 1.29 is 19.8 Å². The molecule has 6 heteroatoms. The topological polar surface area (TPSA) is 89.9 Å². The lowest BCUT2D eigenvalue weighted by molar-refractivity contribution is -0.142. The molecule has 0 radical (unpaired) electrons. The highest BCUT2D eigenvalue weighted by molar-refractivity contribution is 5.83. The van der Waals surface area contributed by atoms with E-state index in [0.717, 1.165) is 25.7 Å². The number of carboxylic acid groups (broad SMARTS) is 1. The van der Waals surface area contributed by atoms with E-state index < -0.39 is 23.5 Å². The summed E-state index contributed by atoms with van der Waals surface area (Å²) in [5.41, 5.74) is -0.567. The first-order valence-corrected chi connectivity index (χ1v) is 7.18. The predicted molar refractivity (Wildman–Crippen MR) is 75.5 cm³/mol. The van der Waals surface area contributed by atoms with E-state index in [4.69, 9.17) is 5.11 Å². The molecule has 1 rings (SSSR count). The summed E-state index contributed by atoms with van der Waals surface area (Å²) in [6.07, 6.45) is 3.98. The first kappa shape index (κ1) is 16.8. The number of urea groups is 1. The number of amides is 2. The Morgan fingerprint density at radius 1 is 1.30 bits per heavy atom. The Labute approximate surface area is 120 Å². The number of carbonyl (C=O) groups is 2. The lowest BCUT2D eigenvalue weighted by atomic mass is 9.87. The van der Waals surface area contributed by atoms with Gasteiger partial charge in [-0.25, -0.2) is 9.59 Å². The molecule has 0 saturated heterocycles. The van der Waals surface area contributed by atoms with Crippen LogP contribution in [0.5, 0.6) is 0 Å². The Morgan fingerprint density at radius 2 is 1.85 bits per heavy atom. The van der Waals surface area contributed by atoms with Gasteiger partial charge in [0.25, 0.3) is 0 Å². The number of aliphatic carboxylic acids is 1. The molecule has 3 N–H and O–H groups in total. The molecule has 0 aromatic carbocycles. The second-order valence-electron chi connectivity index (χ2n) is 6.44. The lowest BCUT2D eigenvalue weighted by Gasteiger charge is -2.33. The van der Waals surface area contributed by atoms with Gasteiger partial charge in [0.1, 0.15) is 6.04 Å². The smallest absolute Gasteiger partial charge is 0.326 e. The molecule has 1 fully saturated rings. The molecule has 2 amide bonds. The number of carboxylic acids is 1. The number of nitrogens with zero attached hydrogens (tertiary/aromatic N) is 1. The van der Waals surface area contributed by atoms with Crippen molar-refractivity contribution in [2.75, 3.05) is 13.2 Å². The minimum absolute atomic E-state index is 0.108. The maximum Gasteiger partial charge on any atom is 0.326 e. The Kier molecular flexibility index (Phi) is 5.80. The zero-order valence-electron chi connectivity index (χ0n) is 12.6. The summed E-state index contributed by atoms with van der Waals surface area (Å²) in [6, 6.07) is -1.23. The van der Waals surface area contributed by atoms with Gasteiger partial charge in [-0.1, -0.05) is 33.6 Å². The van der Waals surface area contributed by atoms with Gasteiger partial charge >= 0.3 is 12.0 Å². The number of hydrogen-bond acceptors (Lipinski definition) is 3. The lowest BCUT2D eigenvalue weighted by Crippen LogP contribution is -2.55. The summed E-state index contributed by atoms with van der Waals surface area (Å²) in [6.45, 7) is 5.46. The first-order chi connectivity index (χ1) is 9.27. The normalized spacial score (nSPS) is 17.8. The largest absolute Gasteiger partial charge is 0.480 e. The summed E-state index contributed by atoms with van der Waals surface area (Å²) in [5.74, 6) is -1.04. The maximum atomic E-state index is 12.3. The fourth-order valence-electron chi connectivity index (χ4n) is 2.63. The Bertz CT molecular complexity index is 346. The van der Waals surface area contributed by atoms with Gasteiger partial charge in [0.05, 0.1) is 6.61 Å². The summed E-state index contributed by atoms with van der Waals surface area (Å²) >= 11 is 0. The SMILES string of the molecule is CC(C)(C)C(NC(=O)N(CCO)C1CCCC1)C(=O)O. The van der Waals surface area contributed by atoms with Gasteiger partial charge in [0, 0.05) is 12.6 Å². The van der Waals surface area contributed by atoms with Gasteiger partial charge in [-0.3, -0.25) is 0 Å². The highest BCUT2D eigenvalue weighted by Crippen LogP contribution is 2.24. The van der Waals surface area contributed by atoms with Gasteiger partial charge in [-0.15, -0.1) is 0 Å². The number of aliphatic hydroxyl groups is 1. The molecule has 0 bridgehead atoms. The molecule has 1 aliphatic carbocycles. The minimum atomic E-state index is -1.04. The van der Waals surface area contributed by atoms with Crippen LogP contribution in [0, 0.1) is 5.41 Å². The van der Waals surface area contributed by atoms with Crippen LogP contribution in [0.3, 0.4) is 0 Å². The minimum Gasteiger partial charge on any atom is -0.480 e. The van der Waals surface area contributed by atoms with Crippen LogP contribution < -0.4 is 5.32 Å². The summed E-state index contributed by atoms with van der Waals surface area (Å²) in [7, 11) is 0. The molecule has 1 aliphatic rings. The van der Waals surface area contributed by atoms with Gasteiger partial charge in [-0.2, -0.15) is 0 Å². The monoisotopic (exact) mass is 286 g/mol. The molecule has 1 unspecified atom stereocenters. The second-order valence-corrected chi connectivity index (χ2v) is 6.44. The molecule has 0 spiro atoms. The zero-order valence-corrected chi connectivity index (χ0v) is 12.6. The van der Waals surface area contributed by atoms with Crippen molar-refractivity contribution in [2.24, 2.45) is 5.41 Å². The van der Waals surface area contributed by atoms with Crippen LogP contribution in [0.25, 0.3) is 0 Å². The Hall–Kier alpha value is -1.30. The van der Waals surface area contributed by atoms with Crippen molar-refractivity contribution in [3.05, 3.63) is 0 Å². The average molecular weight is 286 g/mol. The van der Waals surface area contributed by atoms with Gasteiger partial charge in [0.2, 0.25) is 0 Å². The van der Waals surface area contributed by atoms with Crippen molar-refractivity contribution in [3.8, 4) is 0 Å². The molecular formula is C14H26N2O4. The molecule has 20 heavy (non-hydrogen) atoms. The van der Waals surface area contributed by atoms with Crippen molar-refractivity contribution in [2.45, 2.75) is 58.5 Å². The molecule has 116 valence electrons. The molecule has 6 nitrogen and oxygen atoms in total. The van der Waals surface area contributed by atoms with Crippen LogP contribution in [-0.2, 0) is 4.79 Å². The van der Waals surface area contributed by atoms with Crippen LogP contribution in [0.1, 0.15) is 46.5 Å². The van der Waals surface area contributed by atoms with Gasteiger partial charge in [-0.05, 0) is 18.3 Å². The number of carbonyl (C=O) groups excluding carboxylic acids is 1. The van der Waals surface area contributed by atoms with E-state index in [1.54, 1.807) is 25.7 Å². The van der Waals surface area contributed by atoms with E-state index in [1.807, 2.05) is 0 Å². The van der Waals surface area contributed by atoms with E-state index in [2.05, 4.69) is 5.32 Å². The van der Waals surface area contributed by atoms with Gasteiger partial charge < -0.3 is 20.4 Å². The Morgan fingerprint density at radius 3 is 2.25 bits per heavy atom. The zero-order chi connectivity index (χ0) is 15.3. The van der Waals surface area contributed by atoms with Crippen LogP contribution in [0.2, 0.25) is 0 Å². The highest BCUT2D eigenvalue weighted by Gasteiger charge is 2.35. The molecule has 0 aromatic rings. The third kappa shape index (κ3) is 4.37. The van der Waals surface area contributed by atoms with Crippen LogP contribution in [-0.4, -0.2) is 52.3 Å². The van der Waals surface area contributed by atoms with Crippen molar-refractivity contribution in [3.63, 3.8) is 0 Å². The molecule has 0 heterocycles. The fourth-order valence-corrected chi connectivity index (χ4v) is 2.63. The first-order valence-electron chi connectivity index (χ1n) is 7.18. The van der Waals surface area contributed by atoms with Crippen molar-refractivity contribution in [1.29, 1.82) is 0 Å². The van der Waals surface area contributed by atoms with E-state index in [0.29, 0.717) is 0 Å². The standard InChI is InChI=1S/C14H26N2O4/c1-14(2,3)11(12(18)19)15-13(20)16(8-9-17)10-6-4-5-7-10/h10-11,17H,4-9H2,1-3H3,(H,15,20)(H,18,19). The van der Waals surface area contributed by atoms with E-state index in [1.165, 1.54) is 0 Å². The summed E-state index contributed by atoms with van der Waals surface area (Å²) < 4.78 is 0. The summed E-state index contributed by atoms with van der Waals surface area (Å²) in [4.78, 5) is 25.2. The van der Waals surface area contributed by atoms with Crippen LogP contribution >= 0.6 is 0 Å². The molecular weight excluding hydrogens is 260 g/mol. The van der Waals surface area contributed by atoms with E-state index >= 15 is 0 Å². The van der Waals surface area contributed by atoms with Crippen molar-refractivity contribution >= 4 is 12.0 Å². The van der Waals surface area contributed by atoms with E-state index in [9.17, 15) is 14.7 Å². The average Bonchev–Trinajstić information content (AvgIpc) is 2.84. The number of hydrogen-bond donors (Lipinski definition) is 3. The molecule has 0 aromatic heterocycles. The molecule has 0 aliphatic heterocycles. The highest BCUT2D eigenvalue weighted by atomic mass is 16.4. The Balaban J connectivity index is 2.75. The number of nitrogens with one attached hydrogen (secondary N) is 1. The van der Waals surface area contributed by atoms with Crippen LogP contribution in [0.15, 0.2) is 0 Å². The quantitative estimate of drug-likeness (QED) is 0.713. The van der Waals surface area contributed by atoms with Crippen LogP contribution in [0.4, 0.5) is 4.79 Å². The number of aliphatic hydroxyl groups excluding tert-OH is 1. The fraction of sp³-hybridized carbons (Fsp3) is 0.857. The predicted octanol–water partition coefficient (Wildman–Crippen LogP) is 1.43. The van der Waals surface area contributed by atoms with E-state index in [-0.39, 0.29) is 19.2 Å². The number of rotatable bonds is 5. The third-order valence-electron chi connectivity index (χ3n) is 3.75. The molecule has 1 saturated carbocycles.